The van der Waals surface area contributed by atoms with E-state index in [4.69, 9.17) is 9.26 Å². The summed E-state index contributed by atoms with van der Waals surface area (Å²) in [6.07, 6.45) is 4.19. The predicted octanol–water partition coefficient (Wildman–Crippen LogP) is 4.53. The van der Waals surface area contributed by atoms with Crippen LogP contribution in [0.5, 0.6) is 5.75 Å². The van der Waals surface area contributed by atoms with Crippen LogP contribution < -0.4 is 4.74 Å². The molecule has 0 amide bonds. The number of hydrogen-bond acceptors (Lipinski definition) is 5. The van der Waals surface area contributed by atoms with Gasteiger partial charge in [-0.1, -0.05) is 19.0 Å². The number of nitrogens with zero attached hydrogens (tertiary/aromatic N) is 3. The fraction of sp³-hybridized carbons (Fsp3) is 0.429. The minimum Gasteiger partial charge on any atom is -0.497 e. The molecule has 0 radical (unpaired) electrons. The van der Waals surface area contributed by atoms with E-state index in [0.29, 0.717) is 5.92 Å². The number of methoxy groups -OCH3 is 1. The summed E-state index contributed by atoms with van der Waals surface area (Å²) >= 11 is 0. The summed E-state index contributed by atoms with van der Waals surface area (Å²) in [5.74, 6) is 2.21. The first kappa shape index (κ1) is 17.8. The second-order valence-corrected chi connectivity index (χ2v) is 7.44. The molecule has 1 saturated heterocycles. The summed E-state index contributed by atoms with van der Waals surface area (Å²) in [5, 5.41) is 11.7. The van der Waals surface area contributed by atoms with Gasteiger partial charge in [0.2, 0.25) is 0 Å². The van der Waals surface area contributed by atoms with Crippen molar-refractivity contribution in [2.75, 3.05) is 13.7 Å². The number of likely N-dealkylation sites (tertiary alicyclic amines) is 1. The highest BCUT2D eigenvalue weighted by atomic mass is 16.5. The van der Waals surface area contributed by atoms with Crippen LogP contribution in [0, 0.1) is 0 Å². The molecule has 6 nitrogen and oxygen atoms in total. The Morgan fingerprint density at radius 1 is 1.30 bits per heavy atom. The maximum absolute atomic E-state index is 5.67. The standard InChI is InChI=1S/C21H26N4O2/c1-14(2)18-11-20(27-24-18)19-5-4-10-25(19)13-16-12-22-23-21(16)15-6-8-17(26-3)9-7-15/h6-9,11-12,14,19H,4-5,10,13H2,1-3H3,(H,22,23)/t19-/m0/s1. The Kier molecular flexibility index (Phi) is 4.99. The molecule has 6 heteroatoms. The highest BCUT2D eigenvalue weighted by Gasteiger charge is 2.30. The zero-order valence-electron chi connectivity index (χ0n) is 16.1. The van der Waals surface area contributed by atoms with Gasteiger partial charge in [-0.15, -0.1) is 0 Å². The maximum atomic E-state index is 5.67. The molecule has 1 aromatic carbocycles. The molecule has 3 heterocycles. The third-order valence-electron chi connectivity index (χ3n) is 5.30. The monoisotopic (exact) mass is 366 g/mol. The lowest BCUT2D eigenvalue weighted by molar-refractivity contribution is 0.206. The molecule has 1 aliphatic rings. The molecule has 0 spiro atoms. The van der Waals surface area contributed by atoms with Crippen molar-refractivity contribution < 1.29 is 9.26 Å². The smallest absolute Gasteiger partial charge is 0.154 e. The first-order valence-corrected chi connectivity index (χ1v) is 9.53. The molecule has 0 bridgehead atoms. The minimum atomic E-state index is 0.281. The van der Waals surface area contributed by atoms with Gasteiger partial charge >= 0.3 is 0 Å². The quantitative estimate of drug-likeness (QED) is 0.694. The Balaban J connectivity index is 1.54. The maximum Gasteiger partial charge on any atom is 0.154 e. The van der Waals surface area contributed by atoms with E-state index in [9.17, 15) is 0 Å². The fourth-order valence-corrected chi connectivity index (χ4v) is 3.73. The van der Waals surface area contributed by atoms with Crippen molar-refractivity contribution in [3.8, 4) is 17.0 Å². The molecule has 1 N–H and O–H groups in total. The van der Waals surface area contributed by atoms with Gasteiger partial charge in [0.05, 0.1) is 30.7 Å². The molecule has 3 aromatic rings. The van der Waals surface area contributed by atoms with Gasteiger partial charge in [0.1, 0.15) is 5.75 Å². The SMILES string of the molecule is COc1ccc(-c2[nH]ncc2CN2CCC[C@H]2c2cc(C(C)C)no2)cc1. The van der Waals surface area contributed by atoms with Crippen LogP contribution in [0.15, 0.2) is 41.1 Å². The average molecular weight is 366 g/mol. The number of H-pyrrole nitrogens is 1. The van der Waals surface area contributed by atoms with Crippen LogP contribution in [0.3, 0.4) is 0 Å². The van der Waals surface area contributed by atoms with Crippen molar-refractivity contribution in [3.63, 3.8) is 0 Å². The molecule has 1 atom stereocenters. The Morgan fingerprint density at radius 3 is 2.81 bits per heavy atom. The van der Waals surface area contributed by atoms with E-state index in [-0.39, 0.29) is 6.04 Å². The summed E-state index contributed by atoms with van der Waals surface area (Å²) in [5.41, 5.74) is 4.39. The Labute approximate surface area is 159 Å². The van der Waals surface area contributed by atoms with E-state index in [1.54, 1.807) is 7.11 Å². The van der Waals surface area contributed by atoms with Crippen LogP contribution in [0.25, 0.3) is 11.3 Å². The molecular weight excluding hydrogens is 340 g/mol. The lowest BCUT2D eigenvalue weighted by atomic mass is 10.1. The van der Waals surface area contributed by atoms with Crippen molar-refractivity contribution in [1.29, 1.82) is 0 Å². The topological polar surface area (TPSA) is 67.2 Å². The molecular formula is C21H26N4O2. The highest BCUT2D eigenvalue weighted by molar-refractivity contribution is 5.63. The van der Waals surface area contributed by atoms with Crippen LogP contribution in [0.4, 0.5) is 0 Å². The summed E-state index contributed by atoms with van der Waals surface area (Å²) in [7, 11) is 1.68. The number of benzene rings is 1. The van der Waals surface area contributed by atoms with Crippen molar-refractivity contribution in [1.82, 2.24) is 20.3 Å². The van der Waals surface area contributed by atoms with Crippen LogP contribution in [-0.4, -0.2) is 33.9 Å². The van der Waals surface area contributed by atoms with E-state index in [1.807, 2.05) is 18.3 Å². The number of ether oxygens (including phenoxy) is 1. The Morgan fingerprint density at radius 2 is 2.11 bits per heavy atom. The summed E-state index contributed by atoms with van der Waals surface area (Å²) in [6.45, 7) is 6.16. The molecule has 0 saturated carbocycles. The van der Waals surface area contributed by atoms with E-state index in [0.717, 1.165) is 54.4 Å². The number of aromatic amines is 1. The zero-order chi connectivity index (χ0) is 18.8. The van der Waals surface area contributed by atoms with Crippen LogP contribution in [-0.2, 0) is 6.54 Å². The first-order chi connectivity index (χ1) is 13.2. The molecule has 0 aliphatic carbocycles. The lowest BCUT2D eigenvalue weighted by Crippen LogP contribution is -2.22. The molecule has 1 fully saturated rings. The minimum absolute atomic E-state index is 0.281. The van der Waals surface area contributed by atoms with Gasteiger partial charge in [-0.25, -0.2) is 0 Å². The molecule has 1 aliphatic heterocycles. The van der Waals surface area contributed by atoms with E-state index in [2.05, 4.69) is 52.3 Å². The van der Waals surface area contributed by atoms with Gasteiger partial charge in [0.25, 0.3) is 0 Å². The van der Waals surface area contributed by atoms with E-state index >= 15 is 0 Å². The van der Waals surface area contributed by atoms with Gasteiger partial charge < -0.3 is 9.26 Å². The number of nitrogens with one attached hydrogen (secondary N) is 1. The third kappa shape index (κ3) is 3.62. The van der Waals surface area contributed by atoms with E-state index < -0.39 is 0 Å². The highest BCUT2D eigenvalue weighted by Crippen LogP contribution is 2.35. The van der Waals surface area contributed by atoms with Gasteiger partial charge in [0, 0.05) is 23.7 Å². The van der Waals surface area contributed by atoms with Crippen LogP contribution >= 0.6 is 0 Å². The summed E-state index contributed by atoms with van der Waals surface area (Å²) in [6, 6.07) is 10.5. The van der Waals surface area contributed by atoms with Gasteiger partial charge in [0.15, 0.2) is 5.76 Å². The van der Waals surface area contributed by atoms with Crippen molar-refractivity contribution in [2.45, 2.75) is 45.2 Å². The van der Waals surface area contributed by atoms with E-state index in [1.165, 1.54) is 5.56 Å². The third-order valence-corrected chi connectivity index (χ3v) is 5.30. The lowest BCUT2D eigenvalue weighted by Gasteiger charge is -2.22. The van der Waals surface area contributed by atoms with Crippen LogP contribution in [0.2, 0.25) is 0 Å². The molecule has 2 aromatic heterocycles. The second kappa shape index (κ2) is 7.56. The Hall–Kier alpha value is -2.60. The molecule has 4 rings (SSSR count). The summed E-state index contributed by atoms with van der Waals surface area (Å²) in [4.78, 5) is 2.46. The molecule has 0 unspecified atom stereocenters. The van der Waals surface area contributed by atoms with Crippen molar-refractivity contribution >= 4 is 0 Å². The largest absolute Gasteiger partial charge is 0.497 e. The summed E-state index contributed by atoms with van der Waals surface area (Å²) < 4.78 is 10.9. The van der Waals surface area contributed by atoms with Gasteiger partial charge in [-0.3, -0.25) is 10.00 Å². The normalized spacial score (nSPS) is 17.7. The van der Waals surface area contributed by atoms with Crippen molar-refractivity contribution in [2.24, 2.45) is 0 Å². The van der Waals surface area contributed by atoms with Crippen LogP contribution in [0.1, 0.15) is 55.7 Å². The molecule has 142 valence electrons. The Bertz CT molecular complexity index is 882. The number of rotatable bonds is 6. The van der Waals surface area contributed by atoms with Gasteiger partial charge in [-0.05, 0) is 49.6 Å². The number of hydrogen-bond donors (Lipinski definition) is 1. The first-order valence-electron chi connectivity index (χ1n) is 9.53. The average Bonchev–Trinajstić information content (AvgIpc) is 3.42. The zero-order valence-corrected chi connectivity index (χ0v) is 16.1. The molecule has 27 heavy (non-hydrogen) atoms. The van der Waals surface area contributed by atoms with Gasteiger partial charge in [-0.2, -0.15) is 5.10 Å². The number of aromatic nitrogens is 3. The van der Waals surface area contributed by atoms with Crippen molar-refractivity contribution in [3.05, 3.63) is 53.5 Å². The second-order valence-electron chi connectivity index (χ2n) is 7.44. The fourth-order valence-electron chi connectivity index (χ4n) is 3.73. The predicted molar refractivity (Wildman–Crippen MR) is 104 cm³/mol.